The van der Waals surface area contributed by atoms with Crippen molar-refractivity contribution in [3.63, 3.8) is 0 Å². The molecule has 3 N–H and O–H groups in total. The molecular weight excluding hydrogens is 424 g/mol. The standard InChI is InChI=1S/C30H46O4/c1-7-30(33,8-2)15-9-17-34-27(3,4)25-13-12-23-22-11-10-20-18-21(31)19-26(32)29(20,6)24(22)14-16-28(23,25)5/h9-11,13,15,21,23-24,26,31-33H,7-8,12,14,16-19H2,1-6H3/b15-9-/t21-,23+,24+,26+,28+,29+/m1/s1. The average Bonchev–Trinajstić information content (AvgIpc) is 3.16. The molecule has 4 rings (SSSR count). The van der Waals surface area contributed by atoms with E-state index in [2.05, 4.69) is 45.9 Å². The number of allylic oxidation sites excluding steroid dienone is 4. The largest absolute Gasteiger partial charge is 0.393 e. The topological polar surface area (TPSA) is 69.9 Å². The van der Waals surface area contributed by atoms with Crippen LogP contribution in [0.15, 0.2) is 47.1 Å². The van der Waals surface area contributed by atoms with E-state index in [0.29, 0.717) is 44.1 Å². The van der Waals surface area contributed by atoms with Crippen LogP contribution in [0.3, 0.4) is 0 Å². The molecule has 0 unspecified atom stereocenters. The minimum absolute atomic E-state index is 0.0456. The van der Waals surface area contributed by atoms with E-state index in [0.717, 1.165) is 19.3 Å². The van der Waals surface area contributed by atoms with Gasteiger partial charge in [-0.3, -0.25) is 0 Å². The van der Waals surface area contributed by atoms with Gasteiger partial charge in [0.2, 0.25) is 0 Å². The van der Waals surface area contributed by atoms with Crippen LogP contribution in [0.25, 0.3) is 0 Å². The number of hydrogen-bond acceptors (Lipinski definition) is 4. The van der Waals surface area contributed by atoms with Crippen molar-refractivity contribution in [1.82, 2.24) is 0 Å². The van der Waals surface area contributed by atoms with Gasteiger partial charge in [-0.05, 0) is 75.2 Å². The van der Waals surface area contributed by atoms with E-state index >= 15 is 0 Å². The maximum atomic E-state index is 11.1. The third-order valence-electron chi connectivity index (χ3n) is 10.1. The predicted molar refractivity (Wildman–Crippen MR) is 137 cm³/mol. The van der Waals surface area contributed by atoms with Gasteiger partial charge in [-0.25, -0.2) is 0 Å². The van der Waals surface area contributed by atoms with Gasteiger partial charge >= 0.3 is 0 Å². The number of rotatable bonds is 7. The molecule has 4 heteroatoms. The molecule has 0 aromatic rings. The smallest absolute Gasteiger partial charge is 0.0845 e. The van der Waals surface area contributed by atoms with Crippen molar-refractivity contribution in [3.8, 4) is 0 Å². The highest BCUT2D eigenvalue weighted by atomic mass is 16.5. The summed E-state index contributed by atoms with van der Waals surface area (Å²) in [6.45, 7) is 13.5. The summed E-state index contributed by atoms with van der Waals surface area (Å²) < 4.78 is 6.42. The van der Waals surface area contributed by atoms with Gasteiger partial charge in [-0.15, -0.1) is 0 Å². The summed E-state index contributed by atoms with van der Waals surface area (Å²) in [5.74, 6) is 0.771. The highest BCUT2D eigenvalue weighted by molar-refractivity contribution is 5.44. The molecule has 4 aliphatic carbocycles. The summed E-state index contributed by atoms with van der Waals surface area (Å²) in [5, 5.41) is 31.8. The molecule has 4 nitrogen and oxygen atoms in total. The molecule has 0 amide bonds. The first-order chi connectivity index (χ1) is 15.9. The van der Waals surface area contributed by atoms with Crippen molar-refractivity contribution < 1.29 is 20.1 Å². The molecule has 4 aliphatic rings. The van der Waals surface area contributed by atoms with Crippen LogP contribution in [0, 0.1) is 22.7 Å². The summed E-state index contributed by atoms with van der Waals surface area (Å²) in [4.78, 5) is 0. The second-order valence-electron chi connectivity index (χ2n) is 12.2. The van der Waals surface area contributed by atoms with Crippen LogP contribution in [-0.2, 0) is 4.74 Å². The van der Waals surface area contributed by atoms with E-state index < -0.39 is 17.8 Å². The van der Waals surface area contributed by atoms with Crippen LogP contribution in [0.2, 0.25) is 0 Å². The van der Waals surface area contributed by atoms with Gasteiger partial charge in [-0.1, -0.05) is 69.2 Å². The predicted octanol–water partition coefficient (Wildman–Crippen LogP) is 5.64. The second-order valence-corrected chi connectivity index (χ2v) is 12.2. The molecule has 0 heterocycles. The van der Waals surface area contributed by atoms with Crippen molar-refractivity contribution in [2.45, 2.75) is 110 Å². The molecule has 2 saturated carbocycles. The molecular formula is C30H46O4. The third kappa shape index (κ3) is 4.09. The SMILES string of the molecule is CCC(O)(/C=C\COC(C)(C)C1=CC[C@H]2C3=CC=C4C[C@@H](O)C[C@H](O)[C@]4(C)[C@H]3CC[C@]12C)CC. The Balaban J connectivity index is 1.53. The Labute approximate surface area is 206 Å². The summed E-state index contributed by atoms with van der Waals surface area (Å²) >= 11 is 0. The maximum Gasteiger partial charge on any atom is 0.0845 e. The summed E-state index contributed by atoms with van der Waals surface area (Å²) in [7, 11) is 0. The van der Waals surface area contributed by atoms with E-state index in [1.54, 1.807) is 0 Å². The zero-order valence-corrected chi connectivity index (χ0v) is 22.1. The molecule has 0 radical (unpaired) electrons. The number of fused-ring (bicyclic) bond motifs is 5. The maximum absolute atomic E-state index is 11.1. The van der Waals surface area contributed by atoms with Crippen LogP contribution >= 0.6 is 0 Å². The molecule has 0 aromatic heterocycles. The zero-order chi connectivity index (χ0) is 24.9. The number of hydrogen-bond donors (Lipinski definition) is 3. The molecule has 190 valence electrons. The first kappa shape index (κ1) is 25.9. The van der Waals surface area contributed by atoms with Crippen molar-refractivity contribution in [1.29, 1.82) is 0 Å². The first-order valence-electron chi connectivity index (χ1n) is 13.4. The molecule has 2 fully saturated rings. The fourth-order valence-corrected chi connectivity index (χ4v) is 7.66. The Kier molecular flexibility index (Phi) is 6.87. The molecule has 0 spiro atoms. The lowest BCUT2D eigenvalue weighted by Gasteiger charge is -2.56. The van der Waals surface area contributed by atoms with Crippen molar-refractivity contribution >= 4 is 0 Å². The molecule has 0 bridgehead atoms. The van der Waals surface area contributed by atoms with E-state index in [-0.39, 0.29) is 16.4 Å². The van der Waals surface area contributed by atoms with Gasteiger partial charge in [0, 0.05) is 11.8 Å². The Morgan fingerprint density at radius 1 is 1.12 bits per heavy atom. The summed E-state index contributed by atoms with van der Waals surface area (Å²) in [6.07, 6.45) is 15.6. The quantitative estimate of drug-likeness (QED) is 0.421. The lowest BCUT2D eigenvalue weighted by Crippen LogP contribution is -2.52. The number of aliphatic hydroxyl groups is 3. The zero-order valence-electron chi connectivity index (χ0n) is 22.1. The van der Waals surface area contributed by atoms with E-state index in [1.165, 1.54) is 16.7 Å². The second kappa shape index (κ2) is 9.03. The van der Waals surface area contributed by atoms with Gasteiger partial charge in [0.15, 0.2) is 0 Å². The van der Waals surface area contributed by atoms with Gasteiger partial charge in [0.05, 0.1) is 30.0 Å². The summed E-state index contributed by atoms with van der Waals surface area (Å²) in [5.41, 5.74) is 2.74. The third-order valence-corrected chi connectivity index (χ3v) is 10.1. The highest BCUT2D eigenvalue weighted by Crippen LogP contribution is 2.64. The Bertz CT molecular complexity index is 905. The van der Waals surface area contributed by atoms with Crippen LogP contribution in [0.5, 0.6) is 0 Å². The van der Waals surface area contributed by atoms with Crippen LogP contribution < -0.4 is 0 Å². The Morgan fingerprint density at radius 3 is 2.50 bits per heavy atom. The first-order valence-corrected chi connectivity index (χ1v) is 13.4. The summed E-state index contributed by atoms with van der Waals surface area (Å²) in [6, 6.07) is 0. The average molecular weight is 471 g/mol. The van der Waals surface area contributed by atoms with E-state index in [1.807, 2.05) is 26.0 Å². The van der Waals surface area contributed by atoms with Gasteiger partial charge in [0.25, 0.3) is 0 Å². The number of aliphatic hydroxyl groups excluding tert-OH is 2. The minimum Gasteiger partial charge on any atom is -0.393 e. The lowest BCUT2D eigenvalue weighted by molar-refractivity contribution is -0.0523. The molecule has 0 saturated heterocycles. The van der Waals surface area contributed by atoms with Crippen LogP contribution in [0.1, 0.15) is 86.5 Å². The van der Waals surface area contributed by atoms with Gasteiger partial charge < -0.3 is 20.1 Å². The van der Waals surface area contributed by atoms with E-state index in [9.17, 15) is 15.3 Å². The molecule has 6 atom stereocenters. The van der Waals surface area contributed by atoms with Crippen molar-refractivity contribution in [2.24, 2.45) is 22.7 Å². The van der Waals surface area contributed by atoms with Gasteiger partial charge in [-0.2, -0.15) is 0 Å². The molecule has 0 aromatic carbocycles. The fourth-order valence-electron chi connectivity index (χ4n) is 7.66. The monoisotopic (exact) mass is 470 g/mol. The van der Waals surface area contributed by atoms with E-state index in [4.69, 9.17) is 4.74 Å². The number of ether oxygens (including phenoxy) is 1. The normalized spacial score (nSPS) is 38.1. The minimum atomic E-state index is -0.745. The Morgan fingerprint density at radius 2 is 1.82 bits per heavy atom. The van der Waals surface area contributed by atoms with Crippen LogP contribution in [0.4, 0.5) is 0 Å². The fraction of sp³-hybridized carbons (Fsp3) is 0.733. The van der Waals surface area contributed by atoms with Crippen molar-refractivity contribution in [2.75, 3.05) is 6.61 Å². The Hall–Kier alpha value is -1.20. The lowest BCUT2D eigenvalue weighted by atomic mass is 9.49. The molecule has 34 heavy (non-hydrogen) atoms. The van der Waals surface area contributed by atoms with Gasteiger partial charge in [0.1, 0.15) is 0 Å². The van der Waals surface area contributed by atoms with Crippen molar-refractivity contribution in [3.05, 3.63) is 47.1 Å². The van der Waals surface area contributed by atoms with Crippen LogP contribution in [-0.4, -0.2) is 45.3 Å². The highest BCUT2D eigenvalue weighted by Gasteiger charge is 2.58. The molecule has 0 aliphatic heterocycles.